The molecule has 2 heterocycles. The maximum atomic E-state index is 12.2. The minimum atomic E-state index is -0.372. The molecule has 1 aliphatic rings. The lowest BCUT2D eigenvalue weighted by Crippen LogP contribution is -3.11. The first-order valence-corrected chi connectivity index (χ1v) is 11.0. The van der Waals surface area contributed by atoms with Gasteiger partial charge in [0.2, 0.25) is 5.91 Å². The van der Waals surface area contributed by atoms with Gasteiger partial charge in [-0.1, -0.05) is 36.4 Å². The predicted molar refractivity (Wildman–Crippen MR) is 116 cm³/mol. The molecule has 3 aromatic rings. The summed E-state index contributed by atoms with van der Waals surface area (Å²) < 4.78 is 6.81. The SMILES string of the molecule is O=C(CCCn1c(=O)oc2ccccc21)NCc1ccc(C[NH+]2CCCCC2)cc1. The van der Waals surface area contributed by atoms with Crippen molar-refractivity contribution in [1.82, 2.24) is 9.88 Å². The molecule has 1 saturated heterocycles. The van der Waals surface area contributed by atoms with Gasteiger partial charge < -0.3 is 14.6 Å². The number of piperidine rings is 1. The normalized spacial score (nSPS) is 14.8. The number of amides is 1. The fraction of sp³-hybridized carbons (Fsp3) is 0.417. The van der Waals surface area contributed by atoms with Crippen LogP contribution in [0.15, 0.2) is 57.7 Å². The minimum absolute atomic E-state index is 0.00214. The molecule has 4 rings (SSSR count). The molecule has 2 aromatic carbocycles. The standard InChI is InChI=1S/C24H29N3O3/c28-23(9-6-16-27-21-7-2-3-8-22(21)30-24(27)29)25-17-19-10-12-20(13-11-19)18-26-14-4-1-5-15-26/h2-3,7-8,10-13H,1,4-6,9,14-18H2,(H,25,28)/p+1. The van der Waals surface area contributed by atoms with Gasteiger partial charge in [0, 0.05) is 25.1 Å². The summed E-state index contributed by atoms with van der Waals surface area (Å²) >= 11 is 0. The zero-order valence-electron chi connectivity index (χ0n) is 17.4. The van der Waals surface area contributed by atoms with E-state index in [4.69, 9.17) is 4.42 Å². The number of likely N-dealkylation sites (tertiary alicyclic amines) is 1. The quantitative estimate of drug-likeness (QED) is 0.601. The Hall–Kier alpha value is -2.86. The van der Waals surface area contributed by atoms with Crippen LogP contribution in [0.3, 0.4) is 0 Å². The highest BCUT2D eigenvalue weighted by atomic mass is 16.4. The Bertz CT molecular complexity index is 1030. The maximum Gasteiger partial charge on any atom is 0.419 e. The number of fused-ring (bicyclic) bond motifs is 1. The maximum absolute atomic E-state index is 12.2. The predicted octanol–water partition coefficient (Wildman–Crippen LogP) is 2.26. The monoisotopic (exact) mass is 408 g/mol. The van der Waals surface area contributed by atoms with E-state index in [9.17, 15) is 9.59 Å². The van der Waals surface area contributed by atoms with Gasteiger partial charge in [0.25, 0.3) is 0 Å². The molecular weight excluding hydrogens is 378 g/mol. The van der Waals surface area contributed by atoms with Crippen LogP contribution in [-0.2, 0) is 24.4 Å². The Kier molecular flexibility index (Phi) is 6.64. The van der Waals surface area contributed by atoms with Gasteiger partial charge in [-0.15, -0.1) is 0 Å². The first-order valence-electron chi connectivity index (χ1n) is 11.0. The topological polar surface area (TPSA) is 68.7 Å². The van der Waals surface area contributed by atoms with E-state index in [1.807, 2.05) is 18.2 Å². The van der Waals surface area contributed by atoms with Gasteiger partial charge >= 0.3 is 5.76 Å². The molecule has 0 aliphatic carbocycles. The third kappa shape index (κ3) is 5.19. The number of hydrogen-bond donors (Lipinski definition) is 2. The molecule has 0 radical (unpaired) electrons. The number of aryl methyl sites for hydroxylation is 1. The summed E-state index contributed by atoms with van der Waals surface area (Å²) in [6.45, 7) is 4.65. The second-order valence-electron chi connectivity index (χ2n) is 8.17. The molecule has 0 spiro atoms. The Morgan fingerprint density at radius 2 is 1.73 bits per heavy atom. The molecule has 2 N–H and O–H groups in total. The summed E-state index contributed by atoms with van der Waals surface area (Å²) in [6, 6.07) is 15.9. The van der Waals surface area contributed by atoms with Crippen LogP contribution < -0.4 is 16.0 Å². The fourth-order valence-corrected chi connectivity index (χ4v) is 4.20. The highest BCUT2D eigenvalue weighted by molar-refractivity contribution is 5.76. The van der Waals surface area contributed by atoms with Crippen molar-refractivity contribution in [2.75, 3.05) is 13.1 Å². The van der Waals surface area contributed by atoms with Crippen LogP contribution in [-0.4, -0.2) is 23.6 Å². The van der Waals surface area contributed by atoms with Crippen LogP contribution in [0, 0.1) is 0 Å². The van der Waals surface area contributed by atoms with Crippen LogP contribution in [0.4, 0.5) is 0 Å². The van der Waals surface area contributed by atoms with Gasteiger partial charge in [0.1, 0.15) is 6.54 Å². The lowest BCUT2D eigenvalue weighted by Gasteiger charge is -2.23. The van der Waals surface area contributed by atoms with E-state index >= 15 is 0 Å². The molecule has 0 unspecified atom stereocenters. The number of para-hydroxylation sites is 2. The Morgan fingerprint density at radius 1 is 1.00 bits per heavy atom. The highest BCUT2D eigenvalue weighted by Crippen LogP contribution is 2.12. The average Bonchev–Trinajstić information content (AvgIpc) is 3.09. The summed E-state index contributed by atoms with van der Waals surface area (Å²) in [5, 5.41) is 2.98. The van der Waals surface area contributed by atoms with E-state index in [0.717, 1.165) is 17.6 Å². The Morgan fingerprint density at radius 3 is 2.53 bits per heavy atom. The molecule has 1 fully saturated rings. The molecule has 1 aliphatic heterocycles. The molecule has 0 bridgehead atoms. The molecule has 1 aromatic heterocycles. The smallest absolute Gasteiger partial charge is 0.408 e. The van der Waals surface area contributed by atoms with Gasteiger partial charge in [0.05, 0.1) is 18.6 Å². The second-order valence-corrected chi connectivity index (χ2v) is 8.17. The molecule has 6 heteroatoms. The van der Waals surface area contributed by atoms with E-state index in [1.165, 1.54) is 37.9 Å². The van der Waals surface area contributed by atoms with Gasteiger partial charge in [0.15, 0.2) is 5.58 Å². The number of quaternary nitrogens is 1. The minimum Gasteiger partial charge on any atom is -0.408 e. The zero-order valence-corrected chi connectivity index (χ0v) is 17.4. The van der Waals surface area contributed by atoms with Crippen LogP contribution >= 0.6 is 0 Å². The lowest BCUT2D eigenvalue weighted by molar-refractivity contribution is -0.918. The zero-order chi connectivity index (χ0) is 20.8. The van der Waals surface area contributed by atoms with Crippen molar-refractivity contribution in [2.24, 2.45) is 0 Å². The van der Waals surface area contributed by atoms with Crippen molar-refractivity contribution in [3.05, 3.63) is 70.2 Å². The van der Waals surface area contributed by atoms with Crippen molar-refractivity contribution in [1.29, 1.82) is 0 Å². The summed E-state index contributed by atoms with van der Waals surface area (Å²) in [4.78, 5) is 25.8. The largest absolute Gasteiger partial charge is 0.419 e. The number of nitrogens with zero attached hydrogens (tertiary/aromatic N) is 1. The second kappa shape index (κ2) is 9.76. The van der Waals surface area contributed by atoms with Gasteiger partial charge in [-0.3, -0.25) is 9.36 Å². The summed E-state index contributed by atoms with van der Waals surface area (Å²) in [5.74, 6) is -0.374. The molecule has 0 saturated carbocycles. The van der Waals surface area contributed by atoms with Crippen molar-refractivity contribution in [3.8, 4) is 0 Å². The summed E-state index contributed by atoms with van der Waals surface area (Å²) in [5.41, 5.74) is 3.82. The average molecular weight is 409 g/mol. The van der Waals surface area contributed by atoms with E-state index in [0.29, 0.717) is 31.5 Å². The number of carbonyl (C=O) groups excluding carboxylic acids is 1. The first kappa shape index (κ1) is 20.4. The van der Waals surface area contributed by atoms with Crippen molar-refractivity contribution < 1.29 is 14.1 Å². The number of nitrogens with one attached hydrogen (secondary N) is 2. The number of rotatable bonds is 8. The van der Waals surface area contributed by atoms with Crippen molar-refractivity contribution in [3.63, 3.8) is 0 Å². The molecule has 30 heavy (non-hydrogen) atoms. The van der Waals surface area contributed by atoms with Gasteiger partial charge in [-0.25, -0.2) is 4.79 Å². The highest BCUT2D eigenvalue weighted by Gasteiger charge is 2.14. The first-order chi connectivity index (χ1) is 14.7. The molecule has 158 valence electrons. The van der Waals surface area contributed by atoms with E-state index in [2.05, 4.69) is 29.6 Å². The Balaban J connectivity index is 1.21. The van der Waals surface area contributed by atoms with E-state index in [1.54, 1.807) is 15.5 Å². The van der Waals surface area contributed by atoms with Crippen molar-refractivity contribution >= 4 is 17.0 Å². The van der Waals surface area contributed by atoms with Crippen LogP contribution in [0.5, 0.6) is 0 Å². The molecule has 6 nitrogen and oxygen atoms in total. The number of carbonyl (C=O) groups is 1. The van der Waals surface area contributed by atoms with Crippen LogP contribution in [0.1, 0.15) is 43.2 Å². The number of benzene rings is 2. The summed E-state index contributed by atoms with van der Waals surface area (Å²) in [7, 11) is 0. The van der Waals surface area contributed by atoms with Gasteiger partial charge in [-0.2, -0.15) is 0 Å². The van der Waals surface area contributed by atoms with Crippen LogP contribution in [0.2, 0.25) is 0 Å². The van der Waals surface area contributed by atoms with Crippen molar-refractivity contribution in [2.45, 2.75) is 51.7 Å². The molecule has 0 atom stereocenters. The number of oxazole rings is 1. The molecular formula is C24H30N3O3+. The van der Waals surface area contributed by atoms with E-state index in [-0.39, 0.29) is 11.7 Å². The van der Waals surface area contributed by atoms with Gasteiger partial charge in [-0.05, 0) is 43.4 Å². The fourth-order valence-electron chi connectivity index (χ4n) is 4.20. The third-order valence-corrected chi connectivity index (χ3v) is 5.89. The Labute approximate surface area is 176 Å². The van der Waals surface area contributed by atoms with Crippen LogP contribution in [0.25, 0.3) is 11.1 Å². The van der Waals surface area contributed by atoms with E-state index < -0.39 is 0 Å². The summed E-state index contributed by atoms with van der Waals surface area (Å²) in [6.07, 6.45) is 5.02. The lowest BCUT2D eigenvalue weighted by atomic mass is 10.1. The third-order valence-electron chi connectivity index (χ3n) is 5.89. The number of aromatic nitrogens is 1. The molecule has 1 amide bonds. The number of hydrogen-bond acceptors (Lipinski definition) is 3.